The largest absolute Gasteiger partial charge is 0.508 e. The van der Waals surface area contributed by atoms with Crippen molar-refractivity contribution < 1.29 is 38.8 Å². The third-order valence-electron chi connectivity index (χ3n) is 2.98. The molecule has 8 nitrogen and oxygen atoms in total. The van der Waals surface area contributed by atoms with Crippen molar-refractivity contribution >= 4 is 18.7 Å². The van der Waals surface area contributed by atoms with Gasteiger partial charge in [-0.15, -0.1) is 0 Å². The van der Waals surface area contributed by atoms with Crippen molar-refractivity contribution in [1.82, 2.24) is 0 Å². The zero-order valence-electron chi connectivity index (χ0n) is 14.4. The summed E-state index contributed by atoms with van der Waals surface area (Å²) in [7, 11) is 0. The number of aromatic hydroxyl groups is 1. The lowest BCUT2D eigenvalue weighted by atomic mass is 10.2. The lowest BCUT2D eigenvalue weighted by Gasteiger charge is -2.05. The number of hydrogen-bond donors (Lipinski definition) is 2. The molecule has 2 aromatic carbocycles. The smallest absolute Gasteiger partial charge is 0.507 e. The summed E-state index contributed by atoms with van der Waals surface area (Å²) in [5.41, 5.74) is 0.837. The van der Waals surface area contributed by atoms with E-state index in [4.69, 9.17) is 14.9 Å². The van der Waals surface area contributed by atoms with Gasteiger partial charge >= 0.3 is 6.16 Å². The zero-order chi connectivity index (χ0) is 19.9. The van der Waals surface area contributed by atoms with Gasteiger partial charge < -0.3 is 24.4 Å². The first-order valence-electron chi connectivity index (χ1n) is 7.93. The van der Waals surface area contributed by atoms with E-state index in [2.05, 4.69) is 9.47 Å². The summed E-state index contributed by atoms with van der Waals surface area (Å²) in [4.78, 5) is 30.3. The van der Waals surface area contributed by atoms with Crippen LogP contribution in [0.5, 0.6) is 11.5 Å². The van der Waals surface area contributed by atoms with E-state index in [1.165, 1.54) is 6.07 Å². The minimum absolute atomic E-state index is 0.0347. The van der Waals surface area contributed by atoms with Crippen molar-refractivity contribution in [3.63, 3.8) is 0 Å². The standard InChI is InChI=1S/C9H10O3.C7H6O2.C3H4O3/c10-5-6-12-9-4-2-1-3-8(9)7-11;8-5-6-3-1-2-4-7(6)9;4-3-5-1-2-6-3/h1-4,7,10H,5-6H2;1-5,9H;1-2H2. The Labute approximate surface area is 155 Å². The molecule has 27 heavy (non-hydrogen) atoms. The molecule has 0 aromatic heterocycles. The van der Waals surface area contributed by atoms with Crippen LogP contribution in [0.3, 0.4) is 0 Å². The Hall–Kier alpha value is -3.39. The van der Waals surface area contributed by atoms with E-state index < -0.39 is 6.16 Å². The number of aldehydes is 2. The number of ether oxygens (including phenoxy) is 3. The molecule has 1 aliphatic heterocycles. The van der Waals surface area contributed by atoms with Crippen LogP contribution in [0, 0.1) is 0 Å². The van der Waals surface area contributed by atoms with Gasteiger partial charge in [0.05, 0.1) is 17.7 Å². The molecule has 1 saturated heterocycles. The Morgan fingerprint density at radius 1 is 0.926 bits per heavy atom. The number of carbonyl (C=O) groups excluding carboxylic acids is 3. The molecule has 3 rings (SSSR count). The minimum atomic E-state index is -0.546. The highest BCUT2D eigenvalue weighted by Crippen LogP contribution is 2.15. The summed E-state index contributed by atoms with van der Waals surface area (Å²) in [6.07, 6.45) is 0.803. The van der Waals surface area contributed by atoms with E-state index in [1.54, 1.807) is 42.5 Å². The predicted molar refractivity (Wildman–Crippen MR) is 95.2 cm³/mol. The second-order valence-corrected chi connectivity index (χ2v) is 4.85. The molecular formula is C19H20O8. The molecule has 0 saturated carbocycles. The van der Waals surface area contributed by atoms with Crippen LogP contribution in [0.4, 0.5) is 4.79 Å². The van der Waals surface area contributed by atoms with Gasteiger partial charge in [-0.3, -0.25) is 9.59 Å². The maximum absolute atomic E-state index is 10.4. The van der Waals surface area contributed by atoms with Crippen LogP contribution in [0.15, 0.2) is 48.5 Å². The molecule has 1 heterocycles. The highest BCUT2D eigenvalue weighted by atomic mass is 16.8. The second kappa shape index (κ2) is 12.9. The van der Waals surface area contributed by atoms with Gasteiger partial charge in [-0.05, 0) is 24.3 Å². The van der Waals surface area contributed by atoms with Crippen molar-refractivity contribution in [3.8, 4) is 11.5 Å². The average molecular weight is 376 g/mol. The van der Waals surface area contributed by atoms with E-state index in [9.17, 15) is 14.4 Å². The maximum Gasteiger partial charge on any atom is 0.508 e. The van der Waals surface area contributed by atoms with Crippen molar-refractivity contribution in [1.29, 1.82) is 0 Å². The molecule has 0 radical (unpaired) electrons. The summed E-state index contributed by atoms with van der Waals surface area (Å²) in [5.74, 6) is 0.550. The number of benzene rings is 2. The molecular weight excluding hydrogens is 356 g/mol. The molecule has 0 aliphatic carbocycles. The number of cyclic esters (lactones) is 2. The van der Waals surface area contributed by atoms with Crippen LogP contribution in [-0.4, -0.2) is 55.4 Å². The van der Waals surface area contributed by atoms with Crippen LogP contribution in [0.25, 0.3) is 0 Å². The van der Waals surface area contributed by atoms with Gasteiger partial charge in [0.1, 0.15) is 31.3 Å². The van der Waals surface area contributed by atoms with E-state index in [0.29, 0.717) is 36.4 Å². The van der Waals surface area contributed by atoms with Crippen LogP contribution < -0.4 is 4.74 Å². The number of hydrogen-bond acceptors (Lipinski definition) is 8. The number of rotatable bonds is 5. The Bertz CT molecular complexity index is 721. The van der Waals surface area contributed by atoms with Crippen molar-refractivity contribution in [2.75, 3.05) is 26.4 Å². The van der Waals surface area contributed by atoms with Crippen LogP contribution >= 0.6 is 0 Å². The van der Waals surface area contributed by atoms with Crippen LogP contribution in [0.2, 0.25) is 0 Å². The highest BCUT2D eigenvalue weighted by molar-refractivity contribution is 5.79. The van der Waals surface area contributed by atoms with E-state index in [1.807, 2.05) is 0 Å². The van der Waals surface area contributed by atoms with Gasteiger partial charge in [0.2, 0.25) is 0 Å². The van der Waals surface area contributed by atoms with Gasteiger partial charge in [0.15, 0.2) is 12.6 Å². The predicted octanol–water partition coefficient (Wildman–Crippen LogP) is 2.23. The monoisotopic (exact) mass is 376 g/mol. The number of phenols is 1. The van der Waals surface area contributed by atoms with Crippen molar-refractivity contribution in [2.24, 2.45) is 0 Å². The SMILES string of the molecule is O=C1OCCO1.O=Cc1ccccc1O.O=Cc1ccccc1OCCO. The van der Waals surface area contributed by atoms with Crippen molar-refractivity contribution in [2.45, 2.75) is 0 Å². The first kappa shape index (κ1) is 21.7. The summed E-state index contributed by atoms with van der Waals surface area (Å²) in [6.45, 7) is 0.996. The van der Waals surface area contributed by atoms with Crippen LogP contribution in [0.1, 0.15) is 20.7 Å². The summed E-state index contributed by atoms with van der Waals surface area (Å²) in [5, 5.41) is 17.4. The van der Waals surface area contributed by atoms with Gasteiger partial charge in [-0.1, -0.05) is 24.3 Å². The average Bonchev–Trinajstić information content (AvgIpc) is 3.19. The lowest BCUT2D eigenvalue weighted by Crippen LogP contribution is -2.03. The minimum Gasteiger partial charge on any atom is -0.507 e. The van der Waals surface area contributed by atoms with Gasteiger partial charge in [0.25, 0.3) is 0 Å². The molecule has 1 fully saturated rings. The Kier molecular flexibility index (Phi) is 10.3. The molecule has 0 amide bonds. The molecule has 0 unspecified atom stereocenters. The van der Waals surface area contributed by atoms with Gasteiger partial charge in [0, 0.05) is 0 Å². The third-order valence-corrected chi connectivity index (χ3v) is 2.98. The Balaban J connectivity index is 0.000000214. The molecule has 2 N–H and O–H groups in total. The lowest BCUT2D eigenvalue weighted by molar-refractivity contribution is 0.111. The van der Waals surface area contributed by atoms with Crippen molar-refractivity contribution in [3.05, 3.63) is 59.7 Å². The highest BCUT2D eigenvalue weighted by Gasteiger charge is 2.09. The fourth-order valence-corrected chi connectivity index (χ4v) is 1.74. The Morgan fingerprint density at radius 3 is 1.93 bits per heavy atom. The third kappa shape index (κ3) is 8.50. The topological polar surface area (TPSA) is 119 Å². The first-order chi connectivity index (χ1) is 13.1. The molecule has 0 spiro atoms. The fraction of sp³-hybridized carbons (Fsp3) is 0.211. The molecule has 2 aromatic rings. The van der Waals surface area contributed by atoms with E-state index >= 15 is 0 Å². The number of carbonyl (C=O) groups is 3. The zero-order valence-corrected chi connectivity index (χ0v) is 14.4. The normalized spacial score (nSPS) is 11.5. The fourth-order valence-electron chi connectivity index (χ4n) is 1.74. The van der Waals surface area contributed by atoms with Crippen LogP contribution in [-0.2, 0) is 9.47 Å². The summed E-state index contributed by atoms with van der Waals surface area (Å²) >= 11 is 0. The quantitative estimate of drug-likeness (QED) is 0.602. The number of phenolic OH excluding ortho intramolecular Hbond substituents is 1. The van der Waals surface area contributed by atoms with E-state index in [-0.39, 0.29) is 19.0 Å². The molecule has 1 aliphatic rings. The molecule has 8 heteroatoms. The molecule has 0 atom stereocenters. The number of para-hydroxylation sites is 2. The van der Waals surface area contributed by atoms with Gasteiger partial charge in [-0.25, -0.2) is 4.79 Å². The second-order valence-electron chi connectivity index (χ2n) is 4.85. The summed E-state index contributed by atoms with van der Waals surface area (Å²) in [6, 6.07) is 13.3. The Morgan fingerprint density at radius 2 is 1.48 bits per heavy atom. The van der Waals surface area contributed by atoms with E-state index in [0.717, 1.165) is 6.29 Å². The molecule has 0 bridgehead atoms. The maximum atomic E-state index is 10.4. The number of aliphatic hydroxyl groups excluding tert-OH is 1. The van der Waals surface area contributed by atoms with Gasteiger partial charge in [-0.2, -0.15) is 0 Å². The first-order valence-corrected chi connectivity index (χ1v) is 7.93. The number of aliphatic hydroxyl groups is 1. The molecule has 144 valence electrons. The summed E-state index contributed by atoms with van der Waals surface area (Å²) < 4.78 is 13.7.